The average molecular weight is 285 g/mol. The van der Waals surface area contributed by atoms with E-state index in [0.29, 0.717) is 12.0 Å². The van der Waals surface area contributed by atoms with Gasteiger partial charge in [0.25, 0.3) is 0 Å². The van der Waals surface area contributed by atoms with E-state index in [0.717, 1.165) is 31.9 Å². The van der Waals surface area contributed by atoms with Gasteiger partial charge < -0.3 is 10.1 Å². The lowest BCUT2D eigenvalue weighted by molar-refractivity contribution is 0.298. The number of ether oxygens (including phenoxy) is 1. The number of fused-ring (bicyclic) bond motifs is 1. The van der Waals surface area contributed by atoms with Crippen molar-refractivity contribution in [3.05, 3.63) is 47.8 Å². The van der Waals surface area contributed by atoms with Crippen LogP contribution >= 0.6 is 0 Å². The fourth-order valence-corrected chi connectivity index (χ4v) is 3.08. The highest BCUT2D eigenvalue weighted by atomic mass is 16.5. The summed E-state index contributed by atoms with van der Waals surface area (Å²) >= 11 is 0. The van der Waals surface area contributed by atoms with E-state index >= 15 is 0 Å². The number of benzene rings is 1. The van der Waals surface area contributed by atoms with Crippen molar-refractivity contribution in [1.29, 1.82) is 0 Å². The molecule has 1 aliphatic heterocycles. The molecule has 2 unspecified atom stereocenters. The molecular weight excluding hydrogens is 262 g/mol. The first-order valence-electron chi connectivity index (χ1n) is 7.78. The molecule has 0 aliphatic carbocycles. The molecule has 0 saturated carbocycles. The normalized spacial score (nSPS) is 18.3. The number of para-hydroxylation sites is 1. The van der Waals surface area contributed by atoms with Gasteiger partial charge in [0.1, 0.15) is 5.75 Å². The van der Waals surface area contributed by atoms with Crippen LogP contribution in [0.5, 0.6) is 5.75 Å². The van der Waals surface area contributed by atoms with Crippen LogP contribution in [0.15, 0.2) is 36.7 Å². The fraction of sp³-hybridized carbons (Fsp3) is 0.471. The zero-order valence-corrected chi connectivity index (χ0v) is 12.7. The molecule has 1 aromatic heterocycles. The largest absolute Gasteiger partial charge is 0.493 e. The predicted octanol–water partition coefficient (Wildman–Crippen LogP) is 2.60. The number of aromatic nitrogens is 2. The van der Waals surface area contributed by atoms with Crippen LogP contribution < -0.4 is 10.1 Å². The zero-order valence-electron chi connectivity index (χ0n) is 12.7. The van der Waals surface area contributed by atoms with E-state index < -0.39 is 0 Å². The van der Waals surface area contributed by atoms with Crippen molar-refractivity contribution in [2.75, 3.05) is 13.2 Å². The maximum atomic E-state index is 5.84. The molecule has 0 spiro atoms. The number of nitrogens with zero attached hydrogens (tertiary/aromatic N) is 2. The third kappa shape index (κ3) is 2.95. The Labute approximate surface area is 126 Å². The topological polar surface area (TPSA) is 39.1 Å². The predicted molar refractivity (Wildman–Crippen MR) is 83.7 cm³/mol. The van der Waals surface area contributed by atoms with E-state index in [9.17, 15) is 0 Å². The number of likely N-dealkylation sites (N-methyl/N-ethyl adjacent to an activating group) is 1. The van der Waals surface area contributed by atoms with E-state index in [1.54, 1.807) is 0 Å². The standard InChI is InChI=1S/C17H23N3O/c1-3-18-16(9-13-10-19-20(4-2)11-13)15-12-21-17-8-6-5-7-14(15)17/h5-8,10-11,15-16,18H,3-4,9,12H2,1-2H3. The maximum Gasteiger partial charge on any atom is 0.122 e. The highest BCUT2D eigenvalue weighted by Gasteiger charge is 2.30. The van der Waals surface area contributed by atoms with Gasteiger partial charge in [0.05, 0.1) is 12.8 Å². The van der Waals surface area contributed by atoms with Crippen LogP contribution in [0.1, 0.15) is 30.9 Å². The van der Waals surface area contributed by atoms with Crippen molar-refractivity contribution in [3.8, 4) is 5.75 Å². The van der Waals surface area contributed by atoms with Crippen LogP contribution in [-0.2, 0) is 13.0 Å². The molecular formula is C17H23N3O. The first-order chi connectivity index (χ1) is 10.3. The van der Waals surface area contributed by atoms with Crippen molar-refractivity contribution in [3.63, 3.8) is 0 Å². The maximum absolute atomic E-state index is 5.84. The van der Waals surface area contributed by atoms with Gasteiger partial charge >= 0.3 is 0 Å². The lowest BCUT2D eigenvalue weighted by atomic mass is 9.89. The third-order valence-electron chi connectivity index (χ3n) is 4.16. The summed E-state index contributed by atoms with van der Waals surface area (Å²) in [4.78, 5) is 0. The molecule has 0 fully saturated rings. The summed E-state index contributed by atoms with van der Waals surface area (Å²) in [5, 5.41) is 8.00. The first kappa shape index (κ1) is 14.1. The number of hydrogen-bond acceptors (Lipinski definition) is 3. The fourth-order valence-electron chi connectivity index (χ4n) is 3.08. The Morgan fingerprint density at radius 3 is 3.00 bits per heavy atom. The molecule has 4 heteroatoms. The summed E-state index contributed by atoms with van der Waals surface area (Å²) in [5.41, 5.74) is 2.61. The summed E-state index contributed by atoms with van der Waals surface area (Å²) in [6.45, 7) is 6.91. The van der Waals surface area contributed by atoms with Gasteiger partial charge in [0.15, 0.2) is 0 Å². The molecule has 4 nitrogen and oxygen atoms in total. The molecule has 21 heavy (non-hydrogen) atoms. The number of hydrogen-bond donors (Lipinski definition) is 1. The smallest absolute Gasteiger partial charge is 0.122 e. The first-order valence-corrected chi connectivity index (χ1v) is 7.78. The molecule has 1 aliphatic rings. The van der Waals surface area contributed by atoms with E-state index in [1.807, 2.05) is 16.9 Å². The Kier molecular flexibility index (Phi) is 4.25. The van der Waals surface area contributed by atoms with Crippen LogP contribution in [0, 0.1) is 0 Å². The minimum atomic E-state index is 0.383. The van der Waals surface area contributed by atoms with E-state index in [4.69, 9.17) is 4.74 Å². The second kappa shape index (κ2) is 6.31. The Balaban J connectivity index is 1.79. The third-order valence-corrected chi connectivity index (χ3v) is 4.16. The molecule has 1 N–H and O–H groups in total. The summed E-state index contributed by atoms with van der Waals surface area (Å²) in [6.07, 6.45) is 5.11. The minimum Gasteiger partial charge on any atom is -0.493 e. The summed E-state index contributed by atoms with van der Waals surface area (Å²) < 4.78 is 7.83. The SMILES string of the molecule is CCNC(Cc1cnn(CC)c1)C1COc2ccccc21. The van der Waals surface area contributed by atoms with Crippen LogP contribution in [0.2, 0.25) is 0 Å². The summed E-state index contributed by atoms with van der Waals surface area (Å²) in [5.74, 6) is 1.45. The molecule has 2 aromatic rings. The van der Waals surface area contributed by atoms with E-state index in [-0.39, 0.29) is 0 Å². The van der Waals surface area contributed by atoms with Crippen molar-refractivity contribution in [1.82, 2.24) is 15.1 Å². The van der Waals surface area contributed by atoms with Gasteiger partial charge in [-0.15, -0.1) is 0 Å². The van der Waals surface area contributed by atoms with Gasteiger partial charge in [0.2, 0.25) is 0 Å². The average Bonchev–Trinajstić information content (AvgIpc) is 3.13. The van der Waals surface area contributed by atoms with Gasteiger partial charge in [-0.2, -0.15) is 5.10 Å². The van der Waals surface area contributed by atoms with E-state index in [1.165, 1.54) is 11.1 Å². The van der Waals surface area contributed by atoms with Gasteiger partial charge in [0, 0.05) is 30.3 Å². The Bertz CT molecular complexity index is 593. The van der Waals surface area contributed by atoms with Crippen molar-refractivity contribution < 1.29 is 4.74 Å². The van der Waals surface area contributed by atoms with Gasteiger partial charge in [-0.1, -0.05) is 25.1 Å². The highest BCUT2D eigenvalue weighted by Crippen LogP contribution is 2.36. The molecule has 2 atom stereocenters. The lowest BCUT2D eigenvalue weighted by Crippen LogP contribution is -2.37. The number of nitrogens with one attached hydrogen (secondary N) is 1. The molecule has 2 heterocycles. The zero-order chi connectivity index (χ0) is 14.7. The van der Waals surface area contributed by atoms with Crippen LogP contribution in [0.3, 0.4) is 0 Å². The van der Waals surface area contributed by atoms with Crippen LogP contribution in [0.25, 0.3) is 0 Å². The van der Waals surface area contributed by atoms with Gasteiger partial charge in [-0.3, -0.25) is 4.68 Å². The Hall–Kier alpha value is -1.81. The van der Waals surface area contributed by atoms with Crippen molar-refractivity contribution >= 4 is 0 Å². The molecule has 3 rings (SSSR count). The number of aryl methyl sites for hydroxylation is 1. The molecule has 0 saturated heterocycles. The molecule has 0 amide bonds. The van der Waals surface area contributed by atoms with Crippen molar-refractivity contribution in [2.45, 2.75) is 38.8 Å². The molecule has 1 aromatic carbocycles. The van der Waals surface area contributed by atoms with Crippen LogP contribution in [0.4, 0.5) is 0 Å². The Morgan fingerprint density at radius 1 is 1.38 bits per heavy atom. The lowest BCUT2D eigenvalue weighted by Gasteiger charge is -2.23. The van der Waals surface area contributed by atoms with Crippen LogP contribution in [-0.4, -0.2) is 29.0 Å². The van der Waals surface area contributed by atoms with Crippen molar-refractivity contribution in [2.24, 2.45) is 0 Å². The van der Waals surface area contributed by atoms with Gasteiger partial charge in [-0.05, 0) is 31.5 Å². The minimum absolute atomic E-state index is 0.383. The Morgan fingerprint density at radius 2 is 2.24 bits per heavy atom. The molecule has 112 valence electrons. The van der Waals surface area contributed by atoms with E-state index in [2.05, 4.69) is 48.7 Å². The molecule has 0 bridgehead atoms. The monoisotopic (exact) mass is 285 g/mol. The summed E-state index contributed by atoms with van der Waals surface area (Å²) in [7, 11) is 0. The number of rotatable bonds is 6. The molecule has 0 radical (unpaired) electrons. The van der Waals surface area contributed by atoms with Gasteiger partial charge in [-0.25, -0.2) is 0 Å². The highest BCUT2D eigenvalue weighted by molar-refractivity contribution is 5.40. The second-order valence-electron chi connectivity index (χ2n) is 5.53. The second-order valence-corrected chi connectivity index (χ2v) is 5.53. The quantitative estimate of drug-likeness (QED) is 0.886. The summed E-state index contributed by atoms with van der Waals surface area (Å²) in [6, 6.07) is 8.77.